The van der Waals surface area contributed by atoms with Gasteiger partial charge in [0.15, 0.2) is 11.6 Å². The second kappa shape index (κ2) is 6.76. The summed E-state index contributed by atoms with van der Waals surface area (Å²) in [5, 5.41) is 3.24. The van der Waals surface area contributed by atoms with E-state index in [1.165, 1.54) is 0 Å². The minimum Gasteiger partial charge on any atom is -0.306 e. The number of nitrogens with one attached hydrogen (secondary N) is 1. The first-order valence-electron chi connectivity index (χ1n) is 7.20. The molecule has 112 valence electrons. The van der Waals surface area contributed by atoms with Crippen LogP contribution >= 0.6 is 0 Å². The Labute approximate surface area is 124 Å². The molecule has 4 heteroatoms. The number of halogens is 2. The van der Waals surface area contributed by atoms with Gasteiger partial charge in [-0.3, -0.25) is 4.98 Å². The van der Waals surface area contributed by atoms with Gasteiger partial charge in [0.2, 0.25) is 0 Å². The fraction of sp³-hybridized carbons (Fsp3) is 0.353. The predicted molar refractivity (Wildman–Crippen MR) is 80.2 cm³/mol. The molecular formula is C17H20F2N2. The third-order valence-corrected chi connectivity index (χ3v) is 3.66. The van der Waals surface area contributed by atoms with Gasteiger partial charge in [0.1, 0.15) is 0 Å². The van der Waals surface area contributed by atoms with Crippen molar-refractivity contribution in [1.29, 1.82) is 0 Å². The summed E-state index contributed by atoms with van der Waals surface area (Å²) in [6.45, 7) is 6.19. The number of aromatic nitrogens is 1. The molecule has 0 bridgehead atoms. The normalized spacial score (nSPS) is 12.4. The number of hydrogen-bond donors (Lipinski definition) is 1. The van der Waals surface area contributed by atoms with Gasteiger partial charge in [0.05, 0.1) is 6.04 Å². The maximum absolute atomic E-state index is 14.3. The number of nitrogens with zero attached hydrogens (tertiary/aromatic N) is 1. The second-order valence-corrected chi connectivity index (χ2v) is 5.02. The lowest BCUT2D eigenvalue weighted by atomic mass is 9.93. The van der Waals surface area contributed by atoms with Crippen LogP contribution in [0, 0.1) is 18.6 Å². The van der Waals surface area contributed by atoms with Gasteiger partial charge < -0.3 is 5.32 Å². The summed E-state index contributed by atoms with van der Waals surface area (Å²) in [6.07, 6.45) is 4.25. The van der Waals surface area contributed by atoms with Crippen molar-refractivity contribution in [3.8, 4) is 0 Å². The Hall–Kier alpha value is -1.81. The molecule has 0 amide bonds. The molecule has 1 heterocycles. The highest BCUT2D eigenvalue weighted by atomic mass is 19.2. The summed E-state index contributed by atoms with van der Waals surface area (Å²) in [4.78, 5) is 4.11. The topological polar surface area (TPSA) is 24.9 Å². The number of benzene rings is 1. The number of pyridine rings is 1. The molecular weight excluding hydrogens is 270 g/mol. The highest BCUT2D eigenvalue weighted by molar-refractivity contribution is 5.38. The quantitative estimate of drug-likeness (QED) is 0.902. The summed E-state index contributed by atoms with van der Waals surface area (Å²) in [5.74, 6) is -1.55. The van der Waals surface area contributed by atoms with E-state index in [1.54, 1.807) is 31.5 Å². The highest BCUT2D eigenvalue weighted by Gasteiger charge is 2.22. The van der Waals surface area contributed by atoms with Gasteiger partial charge in [-0.05, 0) is 42.6 Å². The molecule has 1 unspecified atom stereocenters. The van der Waals surface area contributed by atoms with Gasteiger partial charge in [-0.15, -0.1) is 0 Å². The molecule has 0 aliphatic heterocycles. The van der Waals surface area contributed by atoms with Crippen molar-refractivity contribution in [3.63, 3.8) is 0 Å². The average molecular weight is 290 g/mol. The van der Waals surface area contributed by atoms with E-state index < -0.39 is 11.6 Å². The molecule has 0 aliphatic rings. The molecule has 2 aromatic rings. The fourth-order valence-corrected chi connectivity index (χ4v) is 2.49. The van der Waals surface area contributed by atoms with Crippen LogP contribution in [0.4, 0.5) is 8.78 Å². The molecule has 1 atom stereocenters. The van der Waals surface area contributed by atoms with Crippen LogP contribution in [-0.2, 0) is 6.42 Å². The summed E-state index contributed by atoms with van der Waals surface area (Å²) >= 11 is 0. The molecule has 0 saturated carbocycles. The molecule has 0 radical (unpaired) electrons. The second-order valence-electron chi connectivity index (χ2n) is 5.02. The molecule has 1 aromatic heterocycles. The zero-order chi connectivity index (χ0) is 15.4. The lowest BCUT2D eigenvalue weighted by molar-refractivity contribution is 0.478. The summed E-state index contributed by atoms with van der Waals surface area (Å²) in [7, 11) is 0. The Kier molecular flexibility index (Phi) is 5.02. The van der Waals surface area contributed by atoms with Crippen LogP contribution in [-0.4, -0.2) is 11.5 Å². The van der Waals surface area contributed by atoms with Gasteiger partial charge in [-0.2, -0.15) is 0 Å². The van der Waals surface area contributed by atoms with Crippen molar-refractivity contribution >= 4 is 0 Å². The molecule has 2 rings (SSSR count). The zero-order valence-corrected chi connectivity index (χ0v) is 12.6. The van der Waals surface area contributed by atoms with E-state index in [4.69, 9.17) is 0 Å². The van der Waals surface area contributed by atoms with Crippen molar-refractivity contribution < 1.29 is 8.78 Å². The van der Waals surface area contributed by atoms with Crippen molar-refractivity contribution in [1.82, 2.24) is 10.3 Å². The Balaban J connectivity index is 2.56. The van der Waals surface area contributed by atoms with Crippen LogP contribution in [0.25, 0.3) is 0 Å². The first-order valence-corrected chi connectivity index (χ1v) is 7.20. The van der Waals surface area contributed by atoms with E-state index in [0.717, 1.165) is 17.5 Å². The minimum atomic E-state index is -0.778. The molecule has 1 N–H and O–H groups in total. The predicted octanol–water partition coefficient (Wildman–Crippen LogP) is 3.93. The number of aryl methyl sites for hydroxylation is 2. The number of hydrogen-bond acceptors (Lipinski definition) is 2. The van der Waals surface area contributed by atoms with Gasteiger partial charge in [-0.25, -0.2) is 8.78 Å². The minimum absolute atomic E-state index is 0.317. The van der Waals surface area contributed by atoms with Crippen molar-refractivity contribution in [3.05, 3.63) is 64.5 Å². The van der Waals surface area contributed by atoms with E-state index in [0.29, 0.717) is 17.7 Å². The van der Waals surface area contributed by atoms with Crippen molar-refractivity contribution in [2.45, 2.75) is 33.2 Å². The zero-order valence-electron chi connectivity index (χ0n) is 12.6. The first kappa shape index (κ1) is 15.6. The van der Waals surface area contributed by atoms with Crippen LogP contribution in [0.1, 0.15) is 42.1 Å². The van der Waals surface area contributed by atoms with Gasteiger partial charge in [-0.1, -0.05) is 26.0 Å². The van der Waals surface area contributed by atoms with Gasteiger partial charge in [0, 0.05) is 18.0 Å². The Bertz CT molecular complexity index is 626. The monoisotopic (exact) mass is 290 g/mol. The van der Waals surface area contributed by atoms with Crippen molar-refractivity contribution in [2.75, 3.05) is 6.54 Å². The van der Waals surface area contributed by atoms with Gasteiger partial charge in [0.25, 0.3) is 0 Å². The van der Waals surface area contributed by atoms with Gasteiger partial charge >= 0.3 is 0 Å². The third kappa shape index (κ3) is 3.10. The highest BCUT2D eigenvalue weighted by Crippen LogP contribution is 2.29. The molecule has 0 aliphatic carbocycles. The van der Waals surface area contributed by atoms with E-state index in [-0.39, 0.29) is 6.04 Å². The van der Waals surface area contributed by atoms with Crippen LogP contribution in [0.5, 0.6) is 0 Å². The van der Waals surface area contributed by atoms with E-state index in [9.17, 15) is 8.78 Å². The van der Waals surface area contributed by atoms with E-state index in [1.807, 2.05) is 19.9 Å². The van der Waals surface area contributed by atoms with Crippen molar-refractivity contribution in [2.24, 2.45) is 0 Å². The summed E-state index contributed by atoms with van der Waals surface area (Å²) in [6, 6.07) is 4.76. The Morgan fingerprint density at radius 2 is 1.86 bits per heavy atom. The summed E-state index contributed by atoms with van der Waals surface area (Å²) < 4.78 is 28.2. The average Bonchev–Trinajstić information content (AvgIpc) is 2.51. The molecule has 0 saturated heterocycles. The molecule has 2 nitrogen and oxygen atoms in total. The lowest BCUT2D eigenvalue weighted by Gasteiger charge is -2.22. The largest absolute Gasteiger partial charge is 0.306 e. The maximum atomic E-state index is 14.3. The molecule has 1 aromatic carbocycles. The molecule has 0 spiro atoms. The van der Waals surface area contributed by atoms with Crippen LogP contribution < -0.4 is 5.32 Å². The third-order valence-electron chi connectivity index (χ3n) is 3.66. The molecule has 0 fully saturated rings. The van der Waals surface area contributed by atoms with E-state index in [2.05, 4.69) is 10.3 Å². The fourth-order valence-electron chi connectivity index (χ4n) is 2.49. The molecule has 21 heavy (non-hydrogen) atoms. The van der Waals surface area contributed by atoms with E-state index >= 15 is 0 Å². The first-order chi connectivity index (χ1) is 10.1. The summed E-state index contributed by atoms with van der Waals surface area (Å²) in [5.41, 5.74) is 2.62. The van der Waals surface area contributed by atoms with Crippen LogP contribution in [0.15, 0.2) is 30.6 Å². The van der Waals surface area contributed by atoms with Crippen LogP contribution in [0.2, 0.25) is 0 Å². The SMILES string of the molecule is CCNC(c1ccncc1CC)c1ccc(C)c(F)c1F. The van der Waals surface area contributed by atoms with Crippen LogP contribution in [0.3, 0.4) is 0 Å². The maximum Gasteiger partial charge on any atom is 0.164 e. The Morgan fingerprint density at radius 1 is 1.10 bits per heavy atom. The lowest BCUT2D eigenvalue weighted by Crippen LogP contribution is -2.24. The Morgan fingerprint density at radius 3 is 2.52 bits per heavy atom. The standard InChI is InChI=1S/C17H20F2N2/c1-4-12-10-20-9-8-13(12)17(21-5-2)14-7-6-11(3)15(18)16(14)19/h6-10,17,21H,4-5H2,1-3H3. The number of rotatable bonds is 5. The smallest absolute Gasteiger partial charge is 0.164 e.